The predicted molar refractivity (Wildman–Crippen MR) is 122 cm³/mol. The number of methoxy groups -OCH3 is 1. The lowest BCUT2D eigenvalue weighted by molar-refractivity contribution is 0.145. The van der Waals surface area contributed by atoms with Crippen LogP contribution in [0.5, 0.6) is 5.75 Å². The molecule has 2 rings (SSSR count). The average Bonchev–Trinajstić information content (AvgIpc) is 3.11. The first-order valence-corrected chi connectivity index (χ1v) is 9.57. The van der Waals surface area contributed by atoms with Crippen molar-refractivity contribution in [2.24, 2.45) is 4.99 Å². The van der Waals surface area contributed by atoms with Crippen LogP contribution in [0.15, 0.2) is 23.2 Å². The molecule has 154 valence electrons. The monoisotopic (exact) mass is 490 g/mol. The second-order valence-electron chi connectivity index (χ2n) is 6.68. The van der Waals surface area contributed by atoms with Crippen LogP contribution < -0.4 is 15.4 Å². The highest BCUT2D eigenvalue weighted by atomic mass is 127. The molecule has 27 heavy (non-hydrogen) atoms. The van der Waals surface area contributed by atoms with Gasteiger partial charge >= 0.3 is 0 Å². The van der Waals surface area contributed by atoms with E-state index in [1.54, 1.807) is 7.11 Å². The van der Waals surface area contributed by atoms with E-state index in [0.29, 0.717) is 25.8 Å². The van der Waals surface area contributed by atoms with Crippen molar-refractivity contribution in [2.45, 2.75) is 39.3 Å². The second kappa shape index (κ2) is 13.2. The molecule has 1 aromatic rings. The summed E-state index contributed by atoms with van der Waals surface area (Å²) in [5, 5.41) is 6.87. The number of ether oxygens (including phenoxy) is 2. The van der Waals surface area contributed by atoms with Gasteiger partial charge in [-0.3, -0.25) is 9.89 Å². The highest BCUT2D eigenvalue weighted by Gasteiger charge is 2.22. The maximum atomic E-state index is 5.86. The number of halogens is 1. The van der Waals surface area contributed by atoms with Crippen molar-refractivity contribution in [2.75, 3.05) is 47.0 Å². The van der Waals surface area contributed by atoms with Gasteiger partial charge in [0.05, 0.1) is 6.61 Å². The molecule has 1 aromatic carbocycles. The van der Waals surface area contributed by atoms with Gasteiger partial charge < -0.3 is 20.1 Å². The Balaban J connectivity index is 0.00000364. The Hall–Kier alpha value is -1.06. The van der Waals surface area contributed by atoms with Gasteiger partial charge in [-0.2, -0.15) is 0 Å². The van der Waals surface area contributed by atoms with E-state index in [0.717, 1.165) is 30.4 Å². The topological polar surface area (TPSA) is 58.1 Å². The normalized spacial score (nSPS) is 17.5. The molecule has 0 saturated carbocycles. The molecule has 1 saturated heterocycles. The zero-order valence-electron chi connectivity index (χ0n) is 17.1. The van der Waals surface area contributed by atoms with Crippen LogP contribution in [-0.2, 0) is 11.3 Å². The minimum Gasteiger partial charge on any atom is -0.491 e. The van der Waals surface area contributed by atoms with Crippen molar-refractivity contribution in [3.63, 3.8) is 0 Å². The number of likely N-dealkylation sites (tertiary alicyclic amines) is 1. The van der Waals surface area contributed by atoms with Crippen molar-refractivity contribution >= 4 is 29.9 Å². The minimum atomic E-state index is 0. The lowest BCUT2D eigenvalue weighted by Gasteiger charge is -2.24. The number of benzene rings is 1. The molecular formula is C20H35IN4O2. The number of aryl methyl sites for hydroxylation is 1. The van der Waals surface area contributed by atoms with Crippen LogP contribution in [0.2, 0.25) is 0 Å². The fraction of sp³-hybridized carbons (Fsp3) is 0.650. The summed E-state index contributed by atoms with van der Waals surface area (Å²) < 4.78 is 10.9. The first-order chi connectivity index (χ1) is 12.7. The standard InChI is InChI=1S/C20H34N4O2.HI/c1-5-24-10-6-7-18(24)15-23-20(21-3)22-14-17-9-8-16(2)13-19(17)26-12-11-25-4;/h8-9,13,18H,5-7,10-12,14-15H2,1-4H3,(H2,21,22,23);1H. The van der Waals surface area contributed by atoms with Crippen molar-refractivity contribution in [3.8, 4) is 5.75 Å². The van der Waals surface area contributed by atoms with Crippen molar-refractivity contribution in [3.05, 3.63) is 29.3 Å². The Kier molecular flexibility index (Phi) is 11.7. The Morgan fingerprint density at radius 3 is 2.81 bits per heavy atom. The summed E-state index contributed by atoms with van der Waals surface area (Å²) in [4.78, 5) is 6.88. The number of hydrogen-bond acceptors (Lipinski definition) is 4. The van der Waals surface area contributed by atoms with Crippen molar-refractivity contribution < 1.29 is 9.47 Å². The fourth-order valence-corrected chi connectivity index (χ4v) is 3.33. The van der Waals surface area contributed by atoms with E-state index in [9.17, 15) is 0 Å². The van der Waals surface area contributed by atoms with Crippen LogP contribution in [0, 0.1) is 6.92 Å². The van der Waals surface area contributed by atoms with E-state index >= 15 is 0 Å². The molecule has 6 nitrogen and oxygen atoms in total. The second-order valence-corrected chi connectivity index (χ2v) is 6.68. The molecule has 7 heteroatoms. The number of hydrogen-bond donors (Lipinski definition) is 2. The predicted octanol–water partition coefficient (Wildman–Crippen LogP) is 2.79. The first-order valence-electron chi connectivity index (χ1n) is 9.57. The molecule has 1 unspecified atom stereocenters. The van der Waals surface area contributed by atoms with Gasteiger partial charge in [0.1, 0.15) is 12.4 Å². The van der Waals surface area contributed by atoms with Gasteiger partial charge in [0.2, 0.25) is 0 Å². The smallest absolute Gasteiger partial charge is 0.191 e. The minimum absolute atomic E-state index is 0. The molecule has 0 bridgehead atoms. The van der Waals surface area contributed by atoms with Gasteiger partial charge in [-0.25, -0.2) is 0 Å². The van der Waals surface area contributed by atoms with Gasteiger partial charge in [-0.05, 0) is 44.5 Å². The third kappa shape index (κ3) is 7.83. The van der Waals surface area contributed by atoms with Gasteiger partial charge in [0.25, 0.3) is 0 Å². The summed E-state index contributed by atoms with van der Waals surface area (Å²) >= 11 is 0. The molecule has 1 aliphatic heterocycles. The Labute approximate surface area is 181 Å². The van der Waals surface area contributed by atoms with E-state index in [4.69, 9.17) is 9.47 Å². The number of guanidine groups is 1. The summed E-state index contributed by atoms with van der Waals surface area (Å²) in [6, 6.07) is 6.88. The fourth-order valence-electron chi connectivity index (χ4n) is 3.33. The lowest BCUT2D eigenvalue weighted by atomic mass is 10.1. The van der Waals surface area contributed by atoms with Gasteiger partial charge in [-0.15, -0.1) is 24.0 Å². The SMILES string of the molecule is CCN1CCCC1CNC(=NC)NCc1ccc(C)cc1OCCOC.I. The Morgan fingerprint density at radius 1 is 1.30 bits per heavy atom. The third-order valence-electron chi connectivity index (χ3n) is 4.85. The Morgan fingerprint density at radius 2 is 2.11 bits per heavy atom. The summed E-state index contributed by atoms with van der Waals surface area (Å²) in [5.74, 6) is 1.73. The van der Waals surface area contributed by atoms with Gasteiger partial charge in [0, 0.05) is 38.9 Å². The van der Waals surface area contributed by atoms with Crippen LogP contribution in [-0.4, -0.2) is 63.9 Å². The van der Waals surface area contributed by atoms with E-state index in [2.05, 4.69) is 52.6 Å². The zero-order valence-corrected chi connectivity index (χ0v) is 19.4. The van der Waals surface area contributed by atoms with Gasteiger partial charge in [0.15, 0.2) is 5.96 Å². The van der Waals surface area contributed by atoms with Crippen LogP contribution in [0.1, 0.15) is 30.9 Å². The van der Waals surface area contributed by atoms with Crippen molar-refractivity contribution in [1.29, 1.82) is 0 Å². The molecular weight excluding hydrogens is 455 g/mol. The van der Waals surface area contributed by atoms with E-state index in [1.807, 2.05) is 7.05 Å². The van der Waals surface area contributed by atoms with Gasteiger partial charge in [-0.1, -0.05) is 19.1 Å². The first kappa shape index (κ1) is 24.0. The molecule has 1 fully saturated rings. The molecule has 2 N–H and O–H groups in total. The van der Waals surface area contributed by atoms with E-state index in [-0.39, 0.29) is 24.0 Å². The maximum absolute atomic E-state index is 5.86. The molecule has 0 spiro atoms. The number of rotatable bonds is 9. The number of nitrogens with one attached hydrogen (secondary N) is 2. The number of aliphatic imine (C=N–C) groups is 1. The van der Waals surface area contributed by atoms with Crippen LogP contribution >= 0.6 is 24.0 Å². The van der Waals surface area contributed by atoms with Crippen LogP contribution in [0.3, 0.4) is 0 Å². The summed E-state index contributed by atoms with van der Waals surface area (Å²) in [5.41, 5.74) is 2.30. The number of nitrogens with zero attached hydrogens (tertiary/aromatic N) is 2. The summed E-state index contributed by atoms with van der Waals surface area (Å²) in [6.07, 6.45) is 2.55. The van der Waals surface area contributed by atoms with E-state index in [1.165, 1.54) is 24.9 Å². The zero-order chi connectivity index (χ0) is 18.8. The molecule has 0 amide bonds. The van der Waals surface area contributed by atoms with Crippen molar-refractivity contribution in [1.82, 2.24) is 15.5 Å². The largest absolute Gasteiger partial charge is 0.491 e. The van der Waals surface area contributed by atoms with E-state index < -0.39 is 0 Å². The maximum Gasteiger partial charge on any atom is 0.191 e. The van der Waals surface area contributed by atoms with Crippen LogP contribution in [0.4, 0.5) is 0 Å². The quantitative estimate of drug-likeness (QED) is 0.241. The highest BCUT2D eigenvalue weighted by Crippen LogP contribution is 2.20. The summed E-state index contributed by atoms with van der Waals surface area (Å²) in [7, 11) is 3.49. The summed E-state index contributed by atoms with van der Waals surface area (Å²) in [6.45, 7) is 9.36. The molecule has 0 aromatic heterocycles. The highest BCUT2D eigenvalue weighted by molar-refractivity contribution is 14.0. The lowest BCUT2D eigenvalue weighted by Crippen LogP contribution is -2.44. The molecule has 1 heterocycles. The molecule has 1 atom stereocenters. The molecule has 0 radical (unpaired) electrons. The average molecular weight is 490 g/mol. The molecule has 0 aliphatic carbocycles. The molecule has 1 aliphatic rings. The Bertz CT molecular complexity index is 583. The third-order valence-corrected chi connectivity index (χ3v) is 4.85. The van der Waals surface area contributed by atoms with Crippen LogP contribution in [0.25, 0.3) is 0 Å². The number of likely N-dealkylation sites (N-methyl/N-ethyl adjacent to an activating group) is 1.